The van der Waals surface area contributed by atoms with E-state index in [-0.39, 0.29) is 24.0 Å². The van der Waals surface area contributed by atoms with E-state index in [4.69, 9.17) is 14.8 Å². The van der Waals surface area contributed by atoms with E-state index in [1.54, 1.807) is 0 Å². The Morgan fingerprint density at radius 1 is 1.17 bits per heavy atom. The lowest BCUT2D eigenvalue weighted by Crippen LogP contribution is -2.47. The van der Waals surface area contributed by atoms with E-state index in [1.165, 1.54) is 5.56 Å². The fourth-order valence-electron chi connectivity index (χ4n) is 3.77. The first-order valence-electron chi connectivity index (χ1n) is 10.4. The van der Waals surface area contributed by atoms with Gasteiger partial charge in [-0.2, -0.15) is 5.10 Å². The summed E-state index contributed by atoms with van der Waals surface area (Å²) in [5.41, 5.74) is 4.47. The van der Waals surface area contributed by atoms with E-state index in [2.05, 4.69) is 50.0 Å². The number of likely N-dealkylation sites (tertiary alicyclic amines) is 1. The van der Waals surface area contributed by atoms with Crippen LogP contribution in [0.2, 0.25) is 0 Å². The van der Waals surface area contributed by atoms with Gasteiger partial charge in [-0.05, 0) is 52.7 Å². The van der Waals surface area contributed by atoms with Crippen LogP contribution in [0.4, 0.5) is 0 Å². The fourth-order valence-corrected chi connectivity index (χ4v) is 3.77. The number of guanidine groups is 1. The predicted molar refractivity (Wildman–Crippen MR) is 129 cm³/mol. The van der Waals surface area contributed by atoms with Crippen LogP contribution < -0.4 is 5.32 Å². The molecule has 1 saturated heterocycles. The summed E-state index contributed by atoms with van der Waals surface area (Å²) in [4.78, 5) is 7.30. The second-order valence-corrected chi connectivity index (χ2v) is 7.21. The average Bonchev–Trinajstić information content (AvgIpc) is 3.00. The van der Waals surface area contributed by atoms with Crippen LogP contribution in [0.15, 0.2) is 35.3 Å². The number of aryl methyl sites for hydroxylation is 1. The largest absolute Gasteiger partial charge is 0.378 e. The summed E-state index contributed by atoms with van der Waals surface area (Å²) >= 11 is 0. The van der Waals surface area contributed by atoms with Gasteiger partial charge in [-0.1, -0.05) is 18.2 Å². The predicted octanol–water partition coefficient (Wildman–Crippen LogP) is 4.07. The molecular formula is C22H34IN5O. The highest BCUT2D eigenvalue weighted by molar-refractivity contribution is 14.0. The Kier molecular flexibility index (Phi) is 9.42. The number of nitrogens with one attached hydrogen (secondary N) is 1. The molecule has 3 rings (SSSR count). The van der Waals surface area contributed by atoms with Gasteiger partial charge in [0.1, 0.15) is 0 Å². The molecule has 1 aromatic carbocycles. The topological polar surface area (TPSA) is 54.7 Å². The second kappa shape index (κ2) is 11.5. The van der Waals surface area contributed by atoms with E-state index >= 15 is 0 Å². The molecule has 1 aliphatic rings. The summed E-state index contributed by atoms with van der Waals surface area (Å²) in [5, 5.41) is 8.20. The highest BCUT2D eigenvalue weighted by Gasteiger charge is 2.22. The van der Waals surface area contributed by atoms with Gasteiger partial charge in [-0.15, -0.1) is 24.0 Å². The third-order valence-corrected chi connectivity index (χ3v) is 5.31. The van der Waals surface area contributed by atoms with Gasteiger partial charge >= 0.3 is 0 Å². The van der Waals surface area contributed by atoms with Crippen LogP contribution in [0, 0.1) is 13.8 Å². The Morgan fingerprint density at radius 2 is 1.86 bits per heavy atom. The lowest BCUT2D eigenvalue weighted by Gasteiger charge is -2.34. The number of nitrogens with zero attached hydrogens (tertiary/aromatic N) is 4. The number of aromatic nitrogens is 2. The number of ether oxygens (including phenoxy) is 1. The maximum absolute atomic E-state index is 5.78. The van der Waals surface area contributed by atoms with E-state index in [0.29, 0.717) is 12.6 Å². The zero-order chi connectivity index (χ0) is 19.9. The summed E-state index contributed by atoms with van der Waals surface area (Å²) in [7, 11) is 0. The molecule has 0 radical (unpaired) electrons. The van der Waals surface area contributed by atoms with Gasteiger partial charge in [0.05, 0.1) is 24.0 Å². The molecule has 0 spiro atoms. The molecule has 29 heavy (non-hydrogen) atoms. The number of benzene rings is 1. The molecule has 2 heterocycles. The number of hydrogen-bond acceptors (Lipinski definition) is 3. The van der Waals surface area contributed by atoms with Gasteiger partial charge in [0.2, 0.25) is 0 Å². The average molecular weight is 511 g/mol. The molecule has 160 valence electrons. The maximum Gasteiger partial charge on any atom is 0.194 e. The molecule has 1 N–H and O–H groups in total. The molecule has 0 bridgehead atoms. The van der Waals surface area contributed by atoms with Gasteiger partial charge in [0, 0.05) is 37.5 Å². The van der Waals surface area contributed by atoms with E-state index in [1.807, 2.05) is 22.9 Å². The molecule has 1 aromatic heterocycles. The van der Waals surface area contributed by atoms with Crippen LogP contribution in [0.1, 0.15) is 43.6 Å². The van der Waals surface area contributed by atoms with Gasteiger partial charge in [0.25, 0.3) is 0 Å². The van der Waals surface area contributed by atoms with Gasteiger partial charge in [-0.25, -0.2) is 9.67 Å². The molecule has 0 amide bonds. The number of halogens is 1. The molecule has 0 aliphatic carbocycles. The van der Waals surface area contributed by atoms with Gasteiger partial charge in [0.15, 0.2) is 5.96 Å². The van der Waals surface area contributed by atoms with E-state index in [0.717, 1.165) is 62.1 Å². The molecular weight excluding hydrogens is 477 g/mol. The lowest BCUT2D eigenvalue weighted by atomic mass is 10.1. The monoisotopic (exact) mass is 511 g/mol. The number of aliphatic imine (C=N–C) groups is 1. The van der Waals surface area contributed by atoms with Crippen molar-refractivity contribution in [3.8, 4) is 5.69 Å². The van der Waals surface area contributed by atoms with E-state index in [9.17, 15) is 0 Å². The summed E-state index contributed by atoms with van der Waals surface area (Å²) in [6.45, 7) is 12.6. The zero-order valence-electron chi connectivity index (χ0n) is 18.0. The van der Waals surface area contributed by atoms with Crippen molar-refractivity contribution >= 4 is 29.9 Å². The van der Waals surface area contributed by atoms with Crippen molar-refractivity contribution in [3.05, 3.63) is 47.3 Å². The van der Waals surface area contributed by atoms with Crippen molar-refractivity contribution in [2.24, 2.45) is 4.99 Å². The SMILES string of the molecule is CCNC(=NCc1c(C)nn(-c2ccccc2)c1C)N1CCC(OCC)CC1.I. The molecule has 0 unspecified atom stereocenters. The zero-order valence-corrected chi connectivity index (χ0v) is 20.3. The van der Waals surface area contributed by atoms with Crippen molar-refractivity contribution in [2.75, 3.05) is 26.2 Å². The summed E-state index contributed by atoms with van der Waals surface area (Å²) < 4.78 is 7.79. The Morgan fingerprint density at radius 3 is 2.48 bits per heavy atom. The van der Waals surface area contributed by atoms with Gasteiger partial charge in [-0.3, -0.25) is 0 Å². The first kappa shape index (κ1) is 23.7. The third-order valence-electron chi connectivity index (χ3n) is 5.31. The smallest absolute Gasteiger partial charge is 0.194 e. The number of rotatable bonds is 6. The van der Waals surface area contributed by atoms with Crippen LogP contribution in [-0.4, -0.2) is 53.0 Å². The van der Waals surface area contributed by atoms with Crippen LogP contribution in [0.5, 0.6) is 0 Å². The number of piperidine rings is 1. The van der Waals surface area contributed by atoms with E-state index < -0.39 is 0 Å². The quantitative estimate of drug-likeness (QED) is 0.361. The molecule has 0 atom stereocenters. The highest BCUT2D eigenvalue weighted by atomic mass is 127. The maximum atomic E-state index is 5.78. The van der Waals surface area contributed by atoms with Crippen molar-refractivity contribution in [3.63, 3.8) is 0 Å². The Bertz CT molecular complexity index is 782. The van der Waals surface area contributed by atoms with Gasteiger partial charge < -0.3 is 15.0 Å². The minimum atomic E-state index is 0. The summed E-state index contributed by atoms with van der Waals surface area (Å²) in [6, 6.07) is 10.3. The lowest BCUT2D eigenvalue weighted by molar-refractivity contribution is 0.0263. The van der Waals surface area contributed by atoms with Crippen LogP contribution >= 0.6 is 24.0 Å². The fraction of sp³-hybridized carbons (Fsp3) is 0.545. The summed E-state index contributed by atoms with van der Waals surface area (Å²) in [6.07, 6.45) is 2.50. The summed E-state index contributed by atoms with van der Waals surface area (Å²) in [5.74, 6) is 0.990. The molecule has 2 aromatic rings. The van der Waals surface area contributed by atoms with Crippen molar-refractivity contribution in [1.29, 1.82) is 0 Å². The normalized spacial score (nSPS) is 15.3. The van der Waals surface area contributed by atoms with Crippen molar-refractivity contribution in [1.82, 2.24) is 20.0 Å². The second-order valence-electron chi connectivity index (χ2n) is 7.21. The molecule has 1 fully saturated rings. The van der Waals surface area contributed by atoms with Crippen LogP contribution in [0.3, 0.4) is 0 Å². The Labute approximate surface area is 191 Å². The minimum Gasteiger partial charge on any atom is -0.378 e. The first-order chi connectivity index (χ1) is 13.6. The number of para-hydroxylation sites is 1. The minimum absolute atomic E-state index is 0. The van der Waals surface area contributed by atoms with Crippen molar-refractivity contribution < 1.29 is 4.74 Å². The third kappa shape index (κ3) is 5.94. The standard InChI is InChI=1S/C22H33N5O.HI/c1-5-23-22(26-14-12-20(13-15-26)28-6-2)24-16-21-17(3)25-27(18(21)4)19-10-8-7-9-11-19;/h7-11,20H,5-6,12-16H2,1-4H3,(H,23,24);1H. The van der Waals surface area contributed by atoms with Crippen LogP contribution in [0.25, 0.3) is 5.69 Å². The molecule has 6 nitrogen and oxygen atoms in total. The highest BCUT2D eigenvalue weighted by Crippen LogP contribution is 2.19. The van der Waals surface area contributed by atoms with Crippen molar-refractivity contribution in [2.45, 2.75) is 53.2 Å². The molecule has 7 heteroatoms. The Hall–Kier alpha value is -1.61. The Balaban J connectivity index is 0.00000300. The molecule has 0 saturated carbocycles. The first-order valence-corrected chi connectivity index (χ1v) is 10.4. The number of hydrogen-bond donors (Lipinski definition) is 1. The van der Waals surface area contributed by atoms with Crippen LogP contribution in [-0.2, 0) is 11.3 Å². The molecule has 1 aliphatic heterocycles.